The highest BCUT2D eigenvalue weighted by atomic mass is 19.1. The van der Waals surface area contributed by atoms with Gasteiger partial charge in [-0.3, -0.25) is 4.79 Å². The fraction of sp³-hybridized carbons (Fsp3) is 0.579. The van der Waals surface area contributed by atoms with Crippen molar-refractivity contribution < 1.29 is 14.0 Å². The van der Waals surface area contributed by atoms with Crippen LogP contribution in [0, 0.1) is 11.7 Å². The molecule has 1 aromatic rings. The van der Waals surface area contributed by atoms with E-state index in [-0.39, 0.29) is 23.5 Å². The predicted molar refractivity (Wildman–Crippen MR) is 98.4 cm³/mol. The van der Waals surface area contributed by atoms with E-state index in [1.165, 1.54) is 12.1 Å². The van der Waals surface area contributed by atoms with Gasteiger partial charge in [0.25, 0.3) is 0 Å². The molecule has 3 rings (SSSR count). The second-order valence-corrected chi connectivity index (χ2v) is 7.08. The van der Waals surface area contributed by atoms with Gasteiger partial charge in [0.05, 0.1) is 11.6 Å². The molecule has 2 N–H and O–H groups in total. The minimum Gasteiger partial charge on any atom is -0.342 e. The third-order valence-electron chi connectivity index (χ3n) is 5.39. The van der Waals surface area contributed by atoms with E-state index in [2.05, 4.69) is 10.6 Å². The number of para-hydroxylation sites is 1. The number of amides is 3. The molecule has 2 saturated heterocycles. The lowest BCUT2D eigenvalue weighted by Crippen LogP contribution is -2.50. The van der Waals surface area contributed by atoms with Gasteiger partial charge in [-0.25, -0.2) is 9.18 Å². The second kappa shape index (κ2) is 8.49. The smallest absolute Gasteiger partial charge is 0.321 e. The first-order chi connectivity index (χ1) is 12.6. The van der Waals surface area contributed by atoms with Gasteiger partial charge in [-0.1, -0.05) is 12.1 Å². The maximum atomic E-state index is 13.7. The highest BCUT2D eigenvalue weighted by Gasteiger charge is 2.32. The fourth-order valence-corrected chi connectivity index (χ4v) is 3.77. The maximum absolute atomic E-state index is 13.7. The Balaban J connectivity index is 1.56. The van der Waals surface area contributed by atoms with Crippen molar-refractivity contribution in [3.05, 3.63) is 30.1 Å². The Morgan fingerprint density at radius 1 is 1.08 bits per heavy atom. The van der Waals surface area contributed by atoms with Crippen LogP contribution < -0.4 is 10.6 Å². The van der Waals surface area contributed by atoms with Crippen LogP contribution in [-0.4, -0.2) is 61.0 Å². The third kappa shape index (κ3) is 4.33. The minimum absolute atomic E-state index is 0.142. The van der Waals surface area contributed by atoms with Gasteiger partial charge < -0.3 is 20.4 Å². The molecular formula is C19H27FN4O2. The number of carbonyl (C=O) groups excluding carboxylic acids is 2. The lowest BCUT2D eigenvalue weighted by atomic mass is 9.95. The van der Waals surface area contributed by atoms with Crippen LogP contribution in [0.3, 0.4) is 0 Å². The average molecular weight is 362 g/mol. The number of likely N-dealkylation sites (tertiary alicyclic amines) is 2. The van der Waals surface area contributed by atoms with Crippen LogP contribution in [0.2, 0.25) is 0 Å². The van der Waals surface area contributed by atoms with Crippen molar-refractivity contribution in [1.29, 1.82) is 0 Å². The molecule has 0 aromatic heterocycles. The summed E-state index contributed by atoms with van der Waals surface area (Å²) in [7, 11) is 1.95. The molecule has 7 heteroatoms. The van der Waals surface area contributed by atoms with Gasteiger partial charge in [-0.2, -0.15) is 0 Å². The SMILES string of the molecule is CNC1CCN(C(=O)C2CCCN(C(=O)Nc3ccccc3F)C2)CC1. The highest BCUT2D eigenvalue weighted by molar-refractivity contribution is 5.90. The van der Waals surface area contributed by atoms with Crippen molar-refractivity contribution in [2.45, 2.75) is 31.7 Å². The first kappa shape index (κ1) is 18.6. The molecule has 3 amide bonds. The Bertz CT molecular complexity index is 646. The van der Waals surface area contributed by atoms with Gasteiger partial charge >= 0.3 is 6.03 Å². The second-order valence-electron chi connectivity index (χ2n) is 7.08. The van der Waals surface area contributed by atoms with Crippen LogP contribution in [0.4, 0.5) is 14.9 Å². The number of piperidine rings is 2. The summed E-state index contributed by atoms with van der Waals surface area (Å²) in [5, 5.41) is 5.87. The van der Waals surface area contributed by atoms with E-state index in [0.717, 1.165) is 38.8 Å². The molecule has 2 fully saturated rings. The van der Waals surface area contributed by atoms with Crippen LogP contribution in [0.5, 0.6) is 0 Å². The van der Waals surface area contributed by atoms with Gasteiger partial charge in [-0.05, 0) is 44.9 Å². The first-order valence-corrected chi connectivity index (χ1v) is 9.35. The van der Waals surface area contributed by atoms with E-state index in [9.17, 15) is 14.0 Å². The number of rotatable bonds is 3. The summed E-state index contributed by atoms with van der Waals surface area (Å²) < 4.78 is 13.7. The molecule has 0 radical (unpaired) electrons. The zero-order chi connectivity index (χ0) is 18.5. The van der Waals surface area contributed by atoms with Crippen LogP contribution >= 0.6 is 0 Å². The molecule has 1 aromatic carbocycles. The van der Waals surface area contributed by atoms with Crippen LogP contribution in [0.25, 0.3) is 0 Å². The molecule has 0 bridgehead atoms. The maximum Gasteiger partial charge on any atom is 0.321 e. The largest absolute Gasteiger partial charge is 0.342 e. The Labute approximate surface area is 153 Å². The van der Waals surface area contributed by atoms with Gasteiger partial charge in [0.2, 0.25) is 5.91 Å². The van der Waals surface area contributed by atoms with E-state index in [0.29, 0.717) is 19.1 Å². The van der Waals surface area contributed by atoms with E-state index in [1.807, 2.05) is 11.9 Å². The standard InChI is InChI=1S/C19H27FN4O2/c1-21-15-8-11-23(12-9-15)18(25)14-5-4-10-24(13-14)19(26)22-17-7-3-2-6-16(17)20/h2-3,6-7,14-15,21H,4-5,8-13H2,1H3,(H,22,26). The topological polar surface area (TPSA) is 64.7 Å². The van der Waals surface area contributed by atoms with E-state index in [4.69, 9.17) is 0 Å². The summed E-state index contributed by atoms with van der Waals surface area (Å²) in [4.78, 5) is 28.8. The van der Waals surface area contributed by atoms with Gasteiger partial charge in [0.1, 0.15) is 5.82 Å². The Morgan fingerprint density at radius 3 is 2.50 bits per heavy atom. The number of carbonyl (C=O) groups is 2. The lowest BCUT2D eigenvalue weighted by Gasteiger charge is -2.37. The monoisotopic (exact) mass is 362 g/mol. The summed E-state index contributed by atoms with van der Waals surface area (Å²) in [6, 6.07) is 6.24. The summed E-state index contributed by atoms with van der Waals surface area (Å²) in [6.45, 7) is 2.52. The number of benzene rings is 1. The van der Waals surface area contributed by atoms with Crippen LogP contribution in [-0.2, 0) is 4.79 Å². The van der Waals surface area contributed by atoms with Gasteiger partial charge in [0, 0.05) is 32.2 Å². The van der Waals surface area contributed by atoms with Gasteiger partial charge in [-0.15, -0.1) is 0 Å². The first-order valence-electron chi connectivity index (χ1n) is 9.35. The Morgan fingerprint density at radius 2 is 1.81 bits per heavy atom. The third-order valence-corrected chi connectivity index (χ3v) is 5.39. The molecule has 6 nitrogen and oxygen atoms in total. The van der Waals surface area contributed by atoms with Gasteiger partial charge in [0.15, 0.2) is 0 Å². The van der Waals surface area contributed by atoms with Crippen molar-refractivity contribution >= 4 is 17.6 Å². The minimum atomic E-state index is -0.460. The molecule has 26 heavy (non-hydrogen) atoms. The summed E-state index contributed by atoms with van der Waals surface area (Å²) >= 11 is 0. The lowest BCUT2D eigenvalue weighted by molar-refractivity contribution is -0.138. The molecule has 2 aliphatic rings. The quantitative estimate of drug-likeness (QED) is 0.867. The predicted octanol–water partition coefficient (Wildman–Crippen LogP) is 2.28. The molecule has 142 valence electrons. The Hall–Kier alpha value is -2.15. The van der Waals surface area contributed by atoms with Crippen molar-refractivity contribution in [2.24, 2.45) is 5.92 Å². The molecule has 0 spiro atoms. The molecular weight excluding hydrogens is 335 g/mol. The number of nitrogens with zero attached hydrogens (tertiary/aromatic N) is 2. The normalized spacial score (nSPS) is 21.5. The highest BCUT2D eigenvalue weighted by Crippen LogP contribution is 2.22. The number of urea groups is 1. The summed E-state index contributed by atoms with van der Waals surface area (Å²) in [5.74, 6) is -0.484. The fourth-order valence-electron chi connectivity index (χ4n) is 3.77. The summed E-state index contributed by atoms with van der Waals surface area (Å²) in [5.41, 5.74) is 0.167. The van der Waals surface area contributed by atoms with Crippen LogP contribution in [0.1, 0.15) is 25.7 Å². The van der Waals surface area contributed by atoms with Crippen molar-refractivity contribution in [2.75, 3.05) is 38.5 Å². The van der Waals surface area contributed by atoms with Crippen LogP contribution in [0.15, 0.2) is 24.3 Å². The number of anilines is 1. The number of halogens is 1. The zero-order valence-electron chi connectivity index (χ0n) is 15.2. The molecule has 1 atom stereocenters. The molecule has 0 aliphatic carbocycles. The zero-order valence-corrected chi connectivity index (χ0v) is 15.2. The van der Waals surface area contributed by atoms with E-state index < -0.39 is 5.82 Å². The van der Waals surface area contributed by atoms with Crippen molar-refractivity contribution in [1.82, 2.24) is 15.1 Å². The number of hydrogen-bond acceptors (Lipinski definition) is 3. The molecule has 1 unspecified atom stereocenters. The van der Waals surface area contributed by atoms with Crippen molar-refractivity contribution in [3.63, 3.8) is 0 Å². The molecule has 2 aliphatic heterocycles. The molecule has 2 heterocycles. The van der Waals surface area contributed by atoms with E-state index >= 15 is 0 Å². The number of hydrogen-bond donors (Lipinski definition) is 2. The number of nitrogens with one attached hydrogen (secondary N) is 2. The molecule has 0 saturated carbocycles. The average Bonchev–Trinajstić information content (AvgIpc) is 2.69. The van der Waals surface area contributed by atoms with Crippen molar-refractivity contribution in [3.8, 4) is 0 Å². The van der Waals surface area contributed by atoms with E-state index in [1.54, 1.807) is 17.0 Å². The summed E-state index contributed by atoms with van der Waals surface area (Å²) in [6.07, 6.45) is 3.52. The Kier molecular flexibility index (Phi) is 6.08.